The van der Waals surface area contributed by atoms with Crippen molar-refractivity contribution in [2.24, 2.45) is 0 Å². The fourth-order valence-corrected chi connectivity index (χ4v) is 2.87. The van der Waals surface area contributed by atoms with Crippen LogP contribution in [0.1, 0.15) is 30.3 Å². The summed E-state index contributed by atoms with van der Waals surface area (Å²) < 4.78 is 10.3. The molecule has 0 saturated carbocycles. The smallest absolute Gasteiger partial charge is 0.408 e. The molecule has 1 aromatic heterocycles. The van der Waals surface area contributed by atoms with Gasteiger partial charge in [0.05, 0.1) is 6.04 Å². The molecular weight excluding hydrogens is 342 g/mol. The Morgan fingerprint density at radius 3 is 2.73 bits per heavy atom. The summed E-state index contributed by atoms with van der Waals surface area (Å²) in [4.78, 5) is 24.7. The van der Waals surface area contributed by atoms with E-state index < -0.39 is 18.2 Å². The number of carboxylic acid groups (broad SMARTS) is 1. The molecule has 1 saturated heterocycles. The Hall–Kier alpha value is -3.30. The molecular formula is C16H19N5O5. The highest BCUT2D eigenvalue weighted by atomic mass is 16.5. The van der Waals surface area contributed by atoms with E-state index in [0.29, 0.717) is 12.8 Å². The fraction of sp³-hybridized carbons (Fsp3) is 0.375. The van der Waals surface area contributed by atoms with Crippen LogP contribution in [0.3, 0.4) is 0 Å². The van der Waals surface area contributed by atoms with Crippen molar-refractivity contribution in [2.75, 3.05) is 12.3 Å². The Labute approximate surface area is 148 Å². The van der Waals surface area contributed by atoms with Crippen molar-refractivity contribution in [3.63, 3.8) is 0 Å². The first kappa shape index (κ1) is 17.5. The lowest BCUT2D eigenvalue weighted by atomic mass is 9.98. The lowest BCUT2D eigenvalue weighted by Crippen LogP contribution is -2.50. The van der Waals surface area contributed by atoms with Gasteiger partial charge < -0.3 is 25.3 Å². The van der Waals surface area contributed by atoms with Crippen molar-refractivity contribution in [1.82, 2.24) is 20.4 Å². The second kappa shape index (κ2) is 7.72. The summed E-state index contributed by atoms with van der Waals surface area (Å²) >= 11 is 0. The molecule has 2 heterocycles. The zero-order valence-corrected chi connectivity index (χ0v) is 13.9. The van der Waals surface area contributed by atoms with Gasteiger partial charge >= 0.3 is 18.2 Å². The third kappa shape index (κ3) is 4.21. The van der Waals surface area contributed by atoms with E-state index in [4.69, 9.17) is 14.9 Å². The molecule has 26 heavy (non-hydrogen) atoms. The Kier molecular flexibility index (Phi) is 5.20. The number of alkyl carbamates (subject to hydrolysis) is 1. The van der Waals surface area contributed by atoms with Gasteiger partial charge in [0, 0.05) is 6.54 Å². The highest BCUT2D eigenvalue weighted by Gasteiger charge is 2.36. The molecule has 10 heteroatoms. The van der Waals surface area contributed by atoms with Gasteiger partial charge in [-0.05, 0) is 18.4 Å². The van der Waals surface area contributed by atoms with Gasteiger partial charge in [0.2, 0.25) is 5.89 Å². The van der Waals surface area contributed by atoms with Crippen LogP contribution in [0, 0.1) is 0 Å². The predicted molar refractivity (Wildman–Crippen MR) is 89.0 cm³/mol. The van der Waals surface area contributed by atoms with E-state index in [-0.39, 0.29) is 31.1 Å². The SMILES string of the molecule is Nc1nnc([C@H]2CC[C@H](NC(=O)OCc3ccccc3)CN2C(=O)O)o1. The molecule has 1 fully saturated rings. The molecule has 4 N–H and O–H groups in total. The van der Waals surface area contributed by atoms with Crippen molar-refractivity contribution in [3.05, 3.63) is 41.8 Å². The first-order valence-corrected chi connectivity index (χ1v) is 8.08. The number of carbonyl (C=O) groups is 2. The largest absolute Gasteiger partial charge is 0.465 e. The minimum Gasteiger partial charge on any atom is -0.465 e. The van der Waals surface area contributed by atoms with Gasteiger partial charge in [-0.1, -0.05) is 35.4 Å². The van der Waals surface area contributed by atoms with E-state index >= 15 is 0 Å². The molecule has 1 aromatic carbocycles. The van der Waals surface area contributed by atoms with E-state index in [0.717, 1.165) is 10.5 Å². The predicted octanol–water partition coefficient (Wildman–Crippen LogP) is 1.76. The van der Waals surface area contributed by atoms with Gasteiger partial charge in [0.25, 0.3) is 0 Å². The van der Waals surface area contributed by atoms with Gasteiger partial charge in [-0.25, -0.2) is 9.59 Å². The fourth-order valence-electron chi connectivity index (χ4n) is 2.87. The summed E-state index contributed by atoms with van der Waals surface area (Å²) in [7, 11) is 0. The molecule has 0 spiro atoms. The van der Waals surface area contributed by atoms with Crippen LogP contribution < -0.4 is 11.1 Å². The molecule has 138 valence electrons. The third-order valence-corrected chi connectivity index (χ3v) is 4.10. The summed E-state index contributed by atoms with van der Waals surface area (Å²) in [6.45, 7) is 0.231. The molecule has 2 atom stereocenters. The minimum absolute atomic E-state index is 0.0860. The summed E-state index contributed by atoms with van der Waals surface area (Å²) in [6, 6.07) is 8.21. The molecule has 10 nitrogen and oxygen atoms in total. The Morgan fingerprint density at radius 1 is 1.31 bits per heavy atom. The van der Waals surface area contributed by atoms with Crippen molar-refractivity contribution in [1.29, 1.82) is 0 Å². The molecule has 3 rings (SSSR count). The second-order valence-electron chi connectivity index (χ2n) is 5.91. The number of benzene rings is 1. The van der Waals surface area contributed by atoms with Crippen LogP contribution in [0.5, 0.6) is 0 Å². The van der Waals surface area contributed by atoms with Crippen molar-refractivity contribution in [2.45, 2.75) is 31.5 Å². The zero-order chi connectivity index (χ0) is 18.5. The third-order valence-electron chi connectivity index (χ3n) is 4.10. The second-order valence-corrected chi connectivity index (χ2v) is 5.91. The number of carbonyl (C=O) groups excluding carboxylic acids is 1. The van der Waals surface area contributed by atoms with Crippen molar-refractivity contribution < 1.29 is 23.8 Å². The van der Waals surface area contributed by atoms with E-state index in [1.54, 1.807) is 0 Å². The Morgan fingerprint density at radius 2 is 2.08 bits per heavy atom. The number of hydrogen-bond acceptors (Lipinski definition) is 7. The number of rotatable bonds is 4. The van der Waals surface area contributed by atoms with Crippen LogP contribution in [-0.4, -0.2) is 45.0 Å². The maximum atomic E-state index is 12.0. The molecule has 1 aliphatic heterocycles. The zero-order valence-electron chi connectivity index (χ0n) is 13.9. The van der Waals surface area contributed by atoms with Gasteiger partial charge in [-0.15, -0.1) is 5.10 Å². The first-order chi connectivity index (χ1) is 12.5. The van der Waals surface area contributed by atoms with Gasteiger partial charge in [-0.2, -0.15) is 0 Å². The highest BCUT2D eigenvalue weighted by Crippen LogP contribution is 2.30. The number of aromatic nitrogens is 2. The number of nitrogen functional groups attached to an aromatic ring is 1. The number of ether oxygens (including phenoxy) is 1. The lowest BCUT2D eigenvalue weighted by Gasteiger charge is -2.36. The van der Waals surface area contributed by atoms with Gasteiger partial charge in [0.15, 0.2) is 0 Å². The normalized spacial score (nSPS) is 19.8. The van der Waals surface area contributed by atoms with Gasteiger partial charge in [0.1, 0.15) is 12.6 Å². The average Bonchev–Trinajstić information content (AvgIpc) is 3.07. The topological polar surface area (TPSA) is 144 Å². The monoisotopic (exact) mass is 361 g/mol. The summed E-state index contributed by atoms with van der Waals surface area (Å²) in [5, 5.41) is 19.5. The van der Waals surface area contributed by atoms with E-state index in [2.05, 4.69) is 15.5 Å². The number of nitrogens with one attached hydrogen (secondary N) is 1. The summed E-state index contributed by atoms with van der Waals surface area (Å²) in [5.41, 5.74) is 6.27. The number of amides is 2. The number of hydrogen-bond donors (Lipinski definition) is 3. The van der Waals surface area contributed by atoms with Crippen LogP contribution in [-0.2, 0) is 11.3 Å². The maximum absolute atomic E-state index is 12.0. The molecule has 0 bridgehead atoms. The molecule has 0 radical (unpaired) electrons. The van der Waals surface area contributed by atoms with E-state index in [1.807, 2.05) is 30.3 Å². The maximum Gasteiger partial charge on any atom is 0.408 e. The number of anilines is 1. The van der Waals surface area contributed by atoms with Crippen LogP contribution >= 0.6 is 0 Å². The number of piperidine rings is 1. The van der Waals surface area contributed by atoms with Crippen LogP contribution in [0.15, 0.2) is 34.7 Å². The van der Waals surface area contributed by atoms with Crippen LogP contribution in [0.25, 0.3) is 0 Å². The van der Waals surface area contributed by atoms with Crippen molar-refractivity contribution >= 4 is 18.2 Å². The molecule has 0 unspecified atom stereocenters. The molecule has 2 amide bonds. The van der Waals surface area contributed by atoms with E-state index in [9.17, 15) is 14.7 Å². The molecule has 1 aliphatic rings. The quantitative estimate of drug-likeness (QED) is 0.747. The summed E-state index contributed by atoms with van der Waals surface area (Å²) in [6.07, 6.45) is -0.782. The van der Waals surface area contributed by atoms with Crippen LogP contribution in [0.2, 0.25) is 0 Å². The van der Waals surface area contributed by atoms with Crippen LogP contribution in [0.4, 0.5) is 15.6 Å². The minimum atomic E-state index is -1.14. The summed E-state index contributed by atoms with van der Waals surface area (Å²) in [5.74, 6) is 0.148. The Balaban J connectivity index is 1.55. The molecule has 0 aliphatic carbocycles. The highest BCUT2D eigenvalue weighted by molar-refractivity contribution is 5.68. The number of nitrogens with zero attached hydrogens (tertiary/aromatic N) is 3. The van der Waals surface area contributed by atoms with Crippen molar-refractivity contribution in [3.8, 4) is 0 Å². The van der Waals surface area contributed by atoms with Gasteiger partial charge in [-0.3, -0.25) is 4.90 Å². The Bertz CT molecular complexity index is 765. The average molecular weight is 361 g/mol. The first-order valence-electron chi connectivity index (χ1n) is 8.08. The standard InChI is InChI=1S/C16H19N5O5/c17-14-20-19-13(26-14)12-7-6-11(8-21(12)16(23)24)18-15(22)25-9-10-4-2-1-3-5-10/h1-5,11-12H,6-9H2,(H2,17,20)(H,18,22)(H,23,24)/t11-,12+/m0/s1. The molecule has 2 aromatic rings. The van der Waals surface area contributed by atoms with E-state index in [1.165, 1.54) is 0 Å². The number of likely N-dealkylation sites (tertiary alicyclic amines) is 1. The number of nitrogens with two attached hydrogens (primary N) is 1. The lowest BCUT2D eigenvalue weighted by molar-refractivity contribution is 0.0788.